The molecule has 6 heteroatoms. The number of nitrogens with one attached hydrogen (secondary N) is 1. The van der Waals surface area contributed by atoms with Gasteiger partial charge in [-0.2, -0.15) is 5.10 Å². The van der Waals surface area contributed by atoms with Crippen LogP contribution < -0.4 is 14.9 Å². The first-order valence-corrected chi connectivity index (χ1v) is 7.25. The number of carbonyl (C=O) groups is 1. The van der Waals surface area contributed by atoms with Crippen molar-refractivity contribution in [2.45, 2.75) is 0 Å². The molecule has 0 heterocycles. The zero-order valence-corrected chi connectivity index (χ0v) is 13.8. The number of amides is 1. The van der Waals surface area contributed by atoms with Crippen LogP contribution in [-0.4, -0.2) is 26.3 Å². The van der Waals surface area contributed by atoms with Crippen molar-refractivity contribution >= 4 is 28.1 Å². The van der Waals surface area contributed by atoms with Crippen LogP contribution in [0.1, 0.15) is 15.9 Å². The van der Waals surface area contributed by atoms with E-state index in [1.54, 1.807) is 44.6 Å². The molecule has 2 aromatic rings. The summed E-state index contributed by atoms with van der Waals surface area (Å²) in [5, 5.41) is 3.95. The summed E-state index contributed by atoms with van der Waals surface area (Å²) in [6.07, 6.45) is 1.54. The first-order valence-electron chi connectivity index (χ1n) is 6.45. The Bertz CT molecular complexity index is 702. The molecule has 0 radical (unpaired) electrons. The first kappa shape index (κ1) is 16.0. The molecule has 1 amide bonds. The fourth-order valence-corrected chi connectivity index (χ4v) is 2.27. The monoisotopic (exact) mass is 362 g/mol. The van der Waals surface area contributed by atoms with Crippen molar-refractivity contribution in [2.24, 2.45) is 5.10 Å². The second-order valence-electron chi connectivity index (χ2n) is 4.29. The molecule has 0 aliphatic rings. The quantitative estimate of drug-likeness (QED) is 0.656. The van der Waals surface area contributed by atoms with E-state index in [0.29, 0.717) is 21.5 Å². The predicted octanol–water partition coefficient (Wildman–Crippen LogP) is 3.23. The number of nitrogens with zero attached hydrogens (tertiary/aromatic N) is 1. The Hall–Kier alpha value is -2.34. The van der Waals surface area contributed by atoms with E-state index in [9.17, 15) is 4.79 Å². The molecule has 0 atom stereocenters. The van der Waals surface area contributed by atoms with Gasteiger partial charge in [0.25, 0.3) is 5.91 Å². The number of hydrogen-bond acceptors (Lipinski definition) is 4. The second-order valence-corrected chi connectivity index (χ2v) is 5.15. The van der Waals surface area contributed by atoms with Gasteiger partial charge in [-0.15, -0.1) is 0 Å². The van der Waals surface area contributed by atoms with Gasteiger partial charge < -0.3 is 9.47 Å². The maximum absolute atomic E-state index is 12.0. The average Bonchev–Trinajstić information content (AvgIpc) is 2.55. The van der Waals surface area contributed by atoms with Gasteiger partial charge in [-0.25, -0.2) is 5.43 Å². The maximum atomic E-state index is 12.0. The lowest BCUT2D eigenvalue weighted by Gasteiger charge is -2.07. The van der Waals surface area contributed by atoms with E-state index in [2.05, 4.69) is 26.5 Å². The molecule has 1 N–H and O–H groups in total. The highest BCUT2D eigenvalue weighted by Crippen LogP contribution is 2.26. The summed E-state index contributed by atoms with van der Waals surface area (Å²) in [6, 6.07) is 12.5. The lowest BCUT2D eigenvalue weighted by atomic mass is 10.2. The Labute approximate surface area is 137 Å². The molecule has 2 rings (SSSR count). The van der Waals surface area contributed by atoms with E-state index in [-0.39, 0.29) is 5.91 Å². The van der Waals surface area contributed by atoms with Crippen LogP contribution in [0.25, 0.3) is 0 Å². The van der Waals surface area contributed by atoms with Crippen LogP contribution in [0.4, 0.5) is 0 Å². The van der Waals surface area contributed by atoms with Crippen molar-refractivity contribution in [1.82, 2.24) is 5.43 Å². The van der Waals surface area contributed by atoms with E-state index < -0.39 is 0 Å². The number of ether oxygens (including phenoxy) is 2. The highest BCUT2D eigenvalue weighted by molar-refractivity contribution is 9.10. The van der Waals surface area contributed by atoms with Crippen molar-refractivity contribution in [2.75, 3.05) is 14.2 Å². The first-order chi connectivity index (χ1) is 10.7. The highest BCUT2D eigenvalue weighted by Gasteiger charge is 2.07. The molecule has 0 bridgehead atoms. The lowest BCUT2D eigenvalue weighted by molar-refractivity contribution is 0.0954. The molecule has 2 aromatic carbocycles. The molecule has 0 unspecified atom stereocenters. The van der Waals surface area contributed by atoms with Crippen molar-refractivity contribution < 1.29 is 14.3 Å². The largest absolute Gasteiger partial charge is 0.493 e. The summed E-state index contributed by atoms with van der Waals surface area (Å²) >= 11 is 3.33. The van der Waals surface area contributed by atoms with Crippen LogP contribution in [0, 0.1) is 0 Å². The topological polar surface area (TPSA) is 59.9 Å². The molecular formula is C16H15BrN2O3. The summed E-state index contributed by atoms with van der Waals surface area (Å²) in [5.41, 5.74) is 3.79. The summed E-state index contributed by atoms with van der Waals surface area (Å²) < 4.78 is 11.1. The van der Waals surface area contributed by atoms with Gasteiger partial charge in [0.1, 0.15) is 0 Å². The maximum Gasteiger partial charge on any atom is 0.272 e. The van der Waals surface area contributed by atoms with E-state index in [1.807, 2.05) is 12.1 Å². The molecule has 0 aromatic heterocycles. The number of methoxy groups -OCH3 is 2. The van der Waals surface area contributed by atoms with E-state index in [1.165, 1.54) is 6.21 Å². The van der Waals surface area contributed by atoms with Crippen LogP contribution in [0.3, 0.4) is 0 Å². The summed E-state index contributed by atoms with van der Waals surface area (Å²) in [4.78, 5) is 12.0. The minimum Gasteiger partial charge on any atom is -0.493 e. The molecule has 114 valence electrons. The van der Waals surface area contributed by atoms with E-state index >= 15 is 0 Å². The standard InChI is InChI=1S/C16H15BrN2O3/c1-21-14-8-7-11(9-15(14)22-2)10-18-19-16(20)12-5-3-4-6-13(12)17/h3-10H,1-2H3,(H,19,20)/b18-10-. The van der Waals surface area contributed by atoms with Crippen molar-refractivity contribution in [3.05, 3.63) is 58.1 Å². The summed E-state index contributed by atoms with van der Waals surface area (Å²) in [7, 11) is 3.14. The van der Waals surface area contributed by atoms with Crippen molar-refractivity contribution in [1.29, 1.82) is 0 Å². The number of carbonyl (C=O) groups excluding carboxylic acids is 1. The Balaban J connectivity index is 2.07. The number of rotatable bonds is 5. The SMILES string of the molecule is COc1ccc(/C=N\NC(=O)c2ccccc2Br)cc1OC. The Kier molecular flexibility index (Phi) is 5.55. The van der Waals surface area contributed by atoms with Gasteiger partial charge in [0, 0.05) is 4.47 Å². The predicted molar refractivity (Wildman–Crippen MR) is 88.7 cm³/mol. The van der Waals surface area contributed by atoms with Gasteiger partial charge >= 0.3 is 0 Å². The Morgan fingerprint density at radius 3 is 2.55 bits per heavy atom. The smallest absolute Gasteiger partial charge is 0.272 e. The van der Waals surface area contributed by atoms with Crippen molar-refractivity contribution in [3.63, 3.8) is 0 Å². The van der Waals surface area contributed by atoms with Gasteiger partial charge in [0.15, 0.2) is 11.5 Å². The molecule has 0 spiro atoms. The zero-order chi connectivity index (χ0) is 15.9. The minimum atomic E-state index is -0.288. The third-order valence-electron chi connectivity index (χ3n) is 2.91. The number of hydrogen-bond donors (Lipinski definition) is 1. The molecule has 0 fully saturated rings. The summed E-state index contributed by atoms with van der Waals surface area (Å²) in [5.74, 6) is 0.949. The third-order valence-corrected chi connectivity index (χ3v) is 3.60. The molecule has 0 saturated carbocycles. The molecule has 0 aliphatic carbocycles. The molecule has 0 aliphatic heterocycles. The third kappa shape index (κ3) is 3.85. The number of benzene rings is 2. The fourth-order valence-electron chi connectivity index (χ4n) is 1.80. The Morgan fingerprint density at radius 1 is 1.14 bits per heavy atom. The fraction of sp³-hybridized carbons (Fsp3) is 0.125. The van der Waals surface area contributed by atoms with Crippen LogP contribution in [0.5, 0.6) is 11.5 Å². The van der Waals surface area contributed by atoms with Crippen LogP contribution >= 0.6 is 15.9 Å². The van der Waals surface area contributed by atoms with E-state index in [4.69, 9.17) is 9.47 Å². The number of halogens is 1. The van der Waals surface area contributed by atoms with Crippen LogP contribution in [-0.2, 0) is 0 Å². The Morgan fingerprint density at radius 2 is 1.86 bits per heavy atom. The molecular weight excluding hydrogens is 348 g/mol. The van der Waals surface area contributed by atoms with Gasteiger partial charge in [0.2, 0.25) is 0 Å². The van der Waals surface area contributed by atoms with Crippen molar-refractivity contribution in [3.8, 4) is 11.5 Å². The van der Waals surface area contributed by atoms with Gasteiger partial charge in [-0.1, -0.05) is 12.1 Å². The average molecular weight is 363 g/mol. The second kappa shape index (κ2) is 7.61. The van der Waals surface area contributed by atoms with Crippen LogP contribution in [0.15, 0.2) is 52.0 Å². The lowest BCUT2D eigenvalue weighted by Crippen LogP contribution is -2.18. The normalized spacial score (nSPS) is 10.5. The van der Waals surface area contributed by atoms with Gasteiger partial charge in [0.05, 0.1) is 26.0 Å². The summed E-state index contributed by atoms with van der Waals surface area (Å²) in [6.45, 7) is 0. The van der Waals surface area contributed by atoms with Crippen LogP contribution in [0.2, 0.25) is 0 Å². The van der Waals surface area contributed by atoms with Gasteiger partial charge in [-0.05, 0) is 51.8 Å². The zero-order valence-electron chi connectivity index (χ0n) is 12.2. The number of hydrazone groups is 1. The molecule has 0 saturated heterocycles. The molecule has 22 heavy (non-hydrogen) atoms. The minimum absolute atomic E-state index is 0.288. The van der Waals surface area contributed by atoms with Gasteiger partial charge in [-0.3, -0.25) is 4.79 Å². The highest BCUT2D eigenvalue weighted by atomic mass is 79.9. The van der Waals surface area contributed by atoms with E-state index in [0.717, 1.165) is 5.56 Å². The molecule has 5 nitrogen and oxygen atoms in total.